The van der Waals surface area contributed by atoms with Crippen molar-refractivity contribution in [1.29, 1.82) is 0 Å². The van der Waals surface area contributed by atoms with Gasteiger partial charge in [0, 0.05) is 56.1 Å². The summed E-state index contributed by atoms with van der Waals surface area (Å²) in [5.74, 6) is 0.0980. The van der Waals surface area contributed by atoms with Crippen molar-refractivity contribution in [1.82, 2.24) is 23.7 Å². The highest BCUT2D eigenvalue weighted by Gasteiger charge is 2.32. The molecule has 0 amide bonds. The molecule has 0 spiro atoms. The minimum Gasteiger partial charge on any atom is -0.345 e. The van der Waals surface area contributed by atoms with Gasteiger partial charge >= 0.3 is 0 Å². The predicted molar refractivity (Wildman–Crippen MR) is 148 cm³/mol. The van der Waals surface area contributed by atoms with E-state index < -0.39 is 10.0 Å². The molecule has 14 heteroatoms. The highest BCUT2D eigenvalue weighted by molar-refractivity contribution is 7.91. The molecule has 3 aromatic rings. The zero-order chi connectivity index (χ0) is 27.4. The first-order valence-corrected chi connectivity index (χ1v) is 15.3. The third-order valence-corrected chi connectivity index (χ3v) is 11.0. The summed E-state index contributed by atoms with van der Waals surface area (Å²) in [6.07, 6.45) is 7.52. The number of nitrogens with zero attached hydrogens (tertiary/aromatic N) is 9. The maximum Gasteiger partial charge on any atom is 0.254 e. The van der Waals surface area contributed by atoms with Gasteiger partial charge in [-0.1, -0.05) is 28.6 Å². The number of rotatable bonds is 9. The van der Waals surface area contributed by atoms with E-state index in [2.05, 4.69) is 41.3 Å². The van der Waals surface area contributed by atoms with Crippen molar-refractivity contribution in [3.63, 3.8) is 0 Å². The second kappa shape index (κ2) is 12.0. The molecule has 0 aliphatic carbocycles. The van der Waals surface area contributed by atoms with Crippen LogP contribution in [0.5, 0.6) is 0 Å². The van der Waals surface area contributed by atoms with Gasteiger partial charge in [0.2, 0.25) is 0 Å². The number of piperazine rings is 1. The number of azide groups is 1. The molecule has 0 bridgehead atoms. The molecule has 2 aliphatic rings. The Morgan fingerprint density at radius 1 is 1.13 bits per heavy atom. The SMILES string of the molecule is C[C@H](c1ccc(F)cc1)n1cncc1CC1CCN(S(=O)(=O)c2cnc(N3CCN(CN=[N+]=[N-])CC3)s2)CC1. The van der Waals surface area contributed by atoms with Crippen LogP contribution in [0.15, 0.2) is 52.3 Å². The summed E-state index contributed by atoms with van der Waals surface area (Å²) in [6, 6.07) is 6.56. The number of sulfonamides is 1. The van der Waals surface area contributed by atoms with Crippen molar-refractivity contribution in [2.75, 3.05) is 50.8 Å². The smallest absolute Gasteiger partial charge is 0.254 e. The van der Waals surface area contributed by atoms with E-state index in [1.165, 1.54) is 29.7 Å². The van der Waals surface area contributed by atoms with E-state index in [0.29, 0.717) is 43.9 Å². The van der Waals surface area contributed by atoms with Crippen LogP contribution in [-0.4, -0.2) is 78.1 Å². The van der Waals surface area contributed by atoms with Crippen LogP contribution < -0.4 is 4.90 Å². The van der Waals surface area contributed by atoms with Crippen LogP contribution in [0.2, 0.25) is 0 Å². The quantitative estimate of drug-likeness (QED) is 0.216. The van der Waals surface area contributed by atoms with Gasteiger partial charge in [0.15, 0.2) is 9.34 Å². The summed E-state index contributed by atoms with van der Waals surface area (Å²) in [4.78, 5) is 15.7. The van der Waals surface area contributed by atoms with E-state index in [0.717, 1.165) is 43.6 Å². The molecular weight excluding hydrogens is 541 g/mol. The molecule has 2 fully saturated rings. The molecule has 1 aromatic carbocycles. The van der Waals surface area contributed by atoms with Crippen molar-refractivity contribution in [2.24, 2.45) is 11.0 Å². The molecule has 2 aromatic heterocycles. The Balaban J connectivity index is 1.16. The fraction of sp³-hybridized carbons (Fsp3) is 0.520. The fourth-order valence-electron chi connectivity index (χ4n) is 5.23. The van der Waals surface area contributed by atoms with E-state index in [1.807, 2.05) is 12.5 Å². The number of hydrogen-bond acceptors (Lipinski definition) is 8. The Morgan fingerprint density at radius 2 is 1.85 bits per heavy atom. The third-order valence-electron chi connectivity index (χ3n) is 7.62. The monoisotopic (exact) mass is 573 g/mol. The maximum absolute atomic E-state index is 13.4. The highest BCUT2D eigenvalue weighted by Crippen LogP contribution is 2.32. The van der Waals surface area contributed by atoms with Crippen LogP contribution in [0, 0.1) is 11.7 Å². The Hall–Kier alpha value is -3.03. The van der Waals surface area contributed by atoms with Gasteiger partial charge in [-0.3, -0.25) is 4.90 Å². The molecule has 2 saturated heterocycles. The number of hydrogen-bond donors (Lipinski definition) is 0. The third kappa shape index (κ3) is 6.25. The molecule has 208 valence electrons. The molecule has 39 heavy (non-hydrogen) atoms. The Kier molecular flexibility index (Phi) is 8.48. The van der Waals surface area contributed by atoms with E-state index in [-0.39, 0.29) is 16.1 Å². The number of anilines is 1. The lowest BCUT2D eigenvalue weighted by Crippen LogP contribution is -2.46. The van der Waals surface area contributed by atoms with E-state index >= 15 is 0 Å². The van der Waals surface area contributed by atoms with E-state index in [4.69, 9.17) is 5.53 Å². The van der Waals surface area contributed by atoms with Crippen LogP contribution >= 0.6 is 11.3 Å². The van der Waals surface area contributed by atoms with Gasteiger partial charge in [0.25, 0.3) is 10.0 Å². The highest BCUT2D eigenvalue weighted by atomic mass is 32.2. The second-order valence-corrected chi connectivity index (χ2v) is 13.2. The Labute approximate surface area is 231 Å². The molecular formula is C25H32FN9O2S2. The minimum atomic E-state index is -3.60. The van der Waals surface area contributed by atoms with Gasteiger partial charge in [-0.2, -0.15) is 4.31 Å². The van der Waals surface area contributed by atoms with Crippen molar-refractivity contribution in [3.05, 3.63) is 70.5 Å². The summed E-state index contributed by atoms with van der Waals surface area (Å²) in [5.41, 5.74) is 10.6. The van der Waals surface area contributed by atoms with E-state index in [9.17, 15) is 12.8 Å². The number of imidazole rings is 1. The molecule has 1 atom stereocenters. The van der Waals surface area contributed by atoms with Crippen molar-refractivity contribution in [3.8, 4) is 0 Å². The molecule has 5 rings (SSSR count). The largest absolute Gasteiger partial charge is 0.345 e. The summed E-state index contributed by atoms with van der Waals surface area (Å²) in [6.45, 7) is 6.23. The van der Waals surface area contributed by atoms with Crippen LogP contribution in [0.3, 0.4) is 0 Å². The first-order chi connectivity index (χ1) is 18.8. The molecule has 4 heterocycles. The second-order valence-electron chi connectivity index (χ2n) is 10.0. The van der Waals surface area contributed by atoms with Crippen LogP contribution in [0.4, 0.5) is 9.52 Å². The molecule has 0 N–H and O–H groups in total. The van der Waals surface area contributed by atoms with Gasteiger partial charge in [-0.15, -0.1) is 0 Å². The van der Waals surface area contributed by atoms with E-state index in [1.54, 1.807) is 16.4 Å². The van der Waals surface area contributed by atoms with Crippen LogP contribution in [-0.2, 0) is 16.4 Å². The van der Waals surface area contributed by atoms with Gasteiger partial charge in [0.1, 0.15) is 5.82 Å². The number of aromatic nitrogens is 3. The summed E-state index contributed by atoms with van der Waals surface area (Å²) >= 11 is 1.22. The van der Waals surface area contributed by atoms with Crippen LogP contribution in [0.1, 0.15) is 37.1 Å². The zero-order valence-corrected chi connectivity index (χ0v) is 23.4. The van der Waals surface area contributed by atoms with Crippen LogP contribution in [0.25, 0.3) is 10.4 Å². The van der Waals surface area contributed by atoms with Gasteiger partial charge < -0.3 is 9.47 Å². The lowest BCUT2D eigenvalue weighted by molar-refractivity contribution is 0.265. The molecule has 11 nitrogen and oxygen atoms in total. The van der Waals surface area contributed by atoms with Gasteiger partial charge in [-0.25, -0.2) is 22.8 Å². The number of benzene rings is 1. The lowest BCUT2D eigenvalue weighted by Gasteiger charge is -2.33. The Bertz CT molecular complexity index is 1400. The first-order valence-electron chi connectivity index (χ1n) is 13.1. The topological polar surface area (TPSA) is 123 Å². The average Bonchev–Trinajstić information content (AvgIpc) is 3.63. The summed E-state index contributed by atoms with van der Waals surface area (Å²) in [7, 11) is -3.60. The van der Waals surface area contributed by atoms with Crippen molar-refractivity contribution >= 4 is 26.5 Å². The minimum absolute atomic E-state index is 0.0260. The summed E-state index contributed by atoms with van der Waals surface area (Å²) in [5, 5.41) is 4.31. The lowest BCUT2D eigenvalue weighted by atomic mass is 9.93. The molecule has 0 unspecified atom stereocenters. The Morgan fingerprint density at radius 3 is 2.54 bits per heavy atom. The number of piperidine rings is 1. The zero-order valence-electron chi connectivity index (χ0n) is 21.8. The van der Waals surface area contributed by atoms with Crippen molar-refractivity contribution < 1.29 is 12.8 Å². The van der Waals surface area contributed by atoms with Crippen molar-refractivity contribution in [2.45, 2.75) is 36.4 Å². The predicted octanol–water partition coefficient (Wildman–Crippen LogP) is 4.12. The normalized spacial score (nSPS) is 18.7. The summed E-state index contributed by atoms with van der Waals surface area (Å²) < 4.78 is 44.1. The average molecular weight is 574 g/mol. The fourth-order valence-corrected chi connectivity index (χ4v) is 8.03. The molecule has 2 aliphatic heterocycles. The molecule has 0 saturated carbocycles. The molecule has 0 radical (unpaired) electrons. The number of halogens is 1. The van der Waals surface area contributed by atoms with Gasteiger partial charge in [-0.05, 0) is 55.3 Å². The maximum atomic E-state index is 13.4. The number of thiazole rings is 1. The first kappa shape index (κ1) is 27.5. The standard InChI is InChI=1S/C25H32FN9O2S2/c1-19(21-2-4-22(26)5-3-21)35-17-28-15-23(35)14-20-6-8-34(9-7-20)39(36,37)24-16-29-25(38-24)33-12-10-32(11-13-33)18-30-31-27/h2-5,15-17,19-20H,6-14,18H2,1H3/t19-/m1/s1. The van der Waals surface area contributed by atoms with Gasteiger partial charge in [0.05, 0.1) is 25.2 Å².